The van der Waals surface area contributed by atoms with Crippen LogP contribution in [0.2, 0.25) is 0 Å². The predicted molar refractivity (Wildman–Crippen MR) is 80.3 cm³/mol. The molecule has 0 bridgehead atoms. The number of ether oxygens (including phenoxy) is 1. The van der Waals surface area contributed by atoms with Crippen molar-refractivity contribution in [2.45, 2.75) is 39.0 Å². The van der Waals surface area contributed by atoms with Gasteiger partial charge in [-0.15, -0.1) is 0 Å². The second-order valence-corrected chi connectivity index (χ2v) is 5.81. The molecule has 0 fully saturated rings. The number of methoxy groups -OCH3 is 1. The minimum absolute atomic E-state index is 0.0207. The Labute approximate surface area is 116 Å². The second kappa shape index (κ2) is 6.89. The van der Waals surface area contributed by atoms with E-state index in [0.717, 1.165) is 12.3 Å². The SMILES string of the molecule is COc1ccc(C(C)C)cc1C(C)(C)CNCNN. The van der Waals surface area contributed by atoms with E-state index in [1.165, 1.54) is 11.1 Å². The Bertz CT molecular complexity index is 402. The fraction of sp³-hybridized carbons (Fsp3) is 0.600. The molecule has 4 N–H and O–H groups in total. The van der Waals surface area contributed by atoms with Crippen LogP contribution in [0.15, 0.2) is 18.2 Å². The lowest BCUT2D eigenvalue weighted by Gasteiger charge is -2.28. The Morgan fingerprint density at radius 1 is 1.32 bits per heavy atom. The van der Waals surface area contributed by atoms with E-state index in [-0.39, 0.29) is 5.41 Å². The smallest absolute Gasteiger partial charge is 0.122 e. The molecule has 108 valence electrons. The topological polar surface area (TPSA) is 59.3 Å². The van der Waals surface area contributed by atoms with E-state index in [1.54, 1.807) is 7.11 Å². The number of hydrogen-bond donors (Lipinski definition) is 3. The minimum Gasteiger partial charge on any atom is -0.496 e. The first-order chi connectivity index (χ1) is 8.92. The molecule has 0 unspecified atom stereocenters. The molecule has 4 nitrogen and oxygen atoms in total. The summed E-state index contributed by atoms with van der Waals surface area (Å²) in [6.07, 6.45) is 0. The average molecular weight is 265 g/mol. The maximum absolute atomic E-state index is 5.50. The van der Waals surface area contributed by atoms with E-state index >= 15 is 0 Å². The largest absolute Gasteiger partial charge is 0.496 e. The molecule has 1 aromatic carbocycles. The molecule has 19 heavy (non-hydrogen) atoms. The predicted octanol–water partition coefficient (Wildman–Crippen LogP) is 2.11. The minimum atomic E-state index is -0.0207. The Morgan fingerprint density at radius 3 is 2.53 bits per heavy atom. The average Bonchev–Trinajstić information content (AvgIpc) is 2.38. The molecule has 0 heterocycles. The van der Waals surface area contributed by atoms with E-state index in [0.29, 0.717) is 12.6 Å². The molecule has 0 aliphatic carbocycles. The lowest BCUT2D eigenvalue weighted by molar-refractivity contribution is 0.383. The highest BCUT2D eigenvalue weighted by atomic mass is 16.5. The number of hydrazine groups is 1. The summed E-state index contributed by atoms with van der Waals surface area (Å²) in [6.45, 7) is 10.2. The van der Waals surface area contributed by atoms with Gasteiger partial charge in [-0.05, 0) is 17.5 Å². The summed E-state index contributed by atoms with van der Waals surface area (Å²) in [5, 5.41) is 3.28. The molecule has 0 atom stereocenters. The van der Waals surface area contributed by atoms with Crippen molar-refractivity contribution in [1.29, 1.82) is 0 Å². The van der Waals surface area contributed by atoms with Crippen LogP contribution >= 0.6 is 0 Å². The third kappa shape index (κ3) is 4.20. The van der Waals surface area contributed by atoms with Crippen LogP contribution in [0.3, 0.4) is 0 Å². The van der Waals surface area contributed by atoms with E-state index < -0.39 is 0 Å². The van der Waals surface area contributed by atoms with Crippen molar-refractivity contribution < 1.29 is 4.74 Å². The molecule has 4 heteroatoms. The second-order valence-electron chi connectivity index (χ2n) is 5.81. The summed E-state index contributed by atoms with van der Waals surface area (Å²) in [6, 6.07) is 6.45. The van der Waals surface area contributed by atoms with Gasteiger partial charge in [0.1, 0.15) is 5.75 Å². The summed E-state index contributed by atoms with van der Waals surface area (Å²) in [7, 11) is 1.72. The van der Waals surface area contributed by atoms with Gasteiger partial charge in [0.15, 0.2) is 0 Å². The van der Waals surface area contributed by atoms with E-state index in [9.17, 15) is 0 Å². The van der Waals surface area contributed by atoms with Gasteiger partial charge in [0.25, 0.3) is 0 Å². The van der Waals surface area contributed by atoms with Crippen LogP contribution in [0.25, 0.3) is 0 Å². The van der Waals surface area contributed by atoms with Gasteiger partial charge in [-0.25, -0.2) is 5.43 Å². The zero-order chi connectivity index (χ0) is 14.5. The van der Waals surface area contributed by atoms with Crippen molar-refractivity contribution in [3.05, 3.63) is 29.3 Å². The van der Waals surface area contributed by atoms with Crippen molar-refractivity contribution >= 4 is 0 Å². The van der Waals surface area contributed by atoms with Gasteiger partial charge in [0, 0.05) is 17.5 Å². The molecule has 0 aliphatic heterocycles. The molecular formula is C15H27N3O. The summed E-state index contributed by atoms with van der Waals surface area (Å²) in [4.78, 5) is 0. The molecule has 1 aromatic rings. The van der Waals surface area contributed by atoms with Crippen LogP contribution in [-0.4, -0.2) is 20.3 Å². The van der Waals surface area contributed by atoms with Crippen LogP contribution in [0.5, 0.6) is 5.75 Å². The maximum Gasteiger partial charge on any atom is 0.122 e. The lowest BCUT2D eigenvalue weighted by atomic mass is 9.82. The number of rotatable bonds is 7. The van der Waals surface area contributed by atoms with Crippen molar-refractivity contribution in [1.82, 2.24) is 10.7 Å². The van der Waals surface area contributed by atoms with Crippen LogP contribution in [-0.2, 0) is 5.41 Å². The van der Waals surface area contributed by atoms with Crippen molar-refractivity contribution in [2.24, 2.45) is 5.84 Å². The van der Waals surface area contributed by atoms with Gasteiger partial charge in [0.2, 0.25) is 0 Å². The highest BCUT2D eigenvalue weighted by molar-refractivity contribution is 5.43. The third-order valence-electron chi connectivity index (χ3n) is 3.41. The summed E-state index contributed by atoms with van der Waals surface area (Å²) in [5.74, 6) is 6.73. The van der Waals surface area contributed by atoms with Crippen LogP contribution < -0.4 is 21.3 Å². The van der Waals surface area contributed by atoms with Gasteiger partial charge >= 0.3 is 0 Å². The first-order valence-electron chi connectivity index (χ1n) is 6.75. The molecule has 0 saturated carbocycles. The molecule has 0 amide bonds. The fourth-order valence-electron chi connectivity index (χ4n) is 2.16. The number of benzene rings is 1. The zero-order valence-electron chi connectivity index (χ0n) is 12.7. The van der Waals surface area contributed by atoms with Crippen LogP contribution in [0.4, 0.5) is 0 Å². The molecule has 0 saturated heterocycles. The first kappa shape index (κ1) is 16.0. The van der Waals surface area contributed by atoms with Crippen molar-refractivity contribution in [2.75, 3.05) is 20.3 Å². The van der Waals surface area contributed by atoms with E-state index in [4.69, 9.17) is 10.6 Å². The summed E-state index contributed by atoms with van der Waals surface area (Å²) >= 11 is 0. The lowest BCUT2D eigenvalue weighted by Crippen LogP contribution is -2.40. The summed E-state index contributed by atoms with van der Waals surface area (Å²) < 4.78 is 5.50. The van der Waals surface area contributed by atoms with E-state index in [2.05, 4.69) is 56.6 Å². The maximum atomic E-state index is 5.50. The molecule has 0 radical (unpaired) electrons. The number of hydrogen-bond acceptors (Lipinski definition) is 4. The van der Waals surface area contributed by atoms with Crippen LogP contribution in [0, 0.1) is 0 Å². The highest BCUT2D eigenvalue weighted by Crippen LogP contribution is 2.33. The quantitative estimate of drug-likeness (QED) is 0.306. The van der Waals surface area contributed by atoms with Gasteiger partial charge in [-0.2, -0.15) is 0 Å². The van der Waals surface area contributed by atoms with E-state index in [1.807, 2.05) is 0 Å². The standard InChI is InChI=1S/C15H27N3O/c1-11(2)12-6-7-14(19-5)13(8-12)15(3,4)9-17-10-18-16/h6-8,11,17-18H,9-10,16H2,1-5H3. The Balaban J connectivity index is 3.03. The van der Waals surface area contributed by atoms with Crippen molar-refractivity contribution in [3.63, 3.8) is 0 Å². The van der Waals surface area contributed by atoms with Gasteiger partial charge in [0.05, 0.1) is 13.8 Å². The van der Waals surface area contributed by atoms with Crippen LogP contribution in [0.1, 0.15) is 44.7 Å². The summed E-state index contributed by atoms with van der Waals surface area (Å²) in [5.41, 5.74) is 5.15. The van der Waals surface area contributed by atoms with Gasteiger partial charge < -0.3 is 10.1 Å². The third-order valence-corrected chi connectivity index (χ3v) is 3.41. The fourth-order valence-corrected chi connectivity index (χ4v) is 2.16. The zero-order valence-corrected chi connectivity index (χ0v) is 12.7. The number of nitrogens with one attached hydrogen (secondary N) is 2. The van der Waals surface area contributed by atoms with Crippen molar-refractivity contribution in [3.8, 4) is 5.75 Å². The van der Waals surface area contributed by atoms with Gasteiger partial charge in [-0.1, -0.05) is 39.8 Å². The van der Waals surface area contributed by atoms with Gasteiger partial charge in [-0.3, -0.25) is 5.84 Å². The Kier molecular flexibility index (Phi) is 5.79. The molecular weight excluding hydrogens is 238 g/mol. The molecule has 0 spiro atoms. The Morgan fingerprint density at radius 2 is 2.00 bits per heavy atom. The highest BCUT2D eigenvalue weighted by Gasteiger charge is 2.24. The first-order valence-corrected chi connectivity index (χ1v) is 6.75. The molecule has 0 aromatic heterocycles. The Hall–Kier alpha value is -1.10. The molecule has 0 aliphatic rings. The number of nitrogens with two attached hydrogens (primary N) is 1. The normalized spacial score (nSPS) is 11.9. The monoisotopic (exact) mass is 265 g/mol. The molecule has 1 rings (SSSR count).